The molecule has 1 amide bonds. The van der Waals surface area contributed by atoms with E-state index in [0.717, 1.165) is 37.3 Å². The van der Waals surface area contributed by atoms with E-state index in [-0.39, 0.29) is 12.5 Å². The molecule has 1 aromatic carbocycles. The van der Waals surface area contributed by atoms with E-state index in [9.17, 15) is 18.0 Å². The first-order valence-electron chi connectivity index (χ1n) is 10.4. The largest absolute Gasteiger partial charge is 0.416 e. The number of aromatic nitrogens is 4. The summed E-state index contributed by atoms with van der Waals surface area (Å²) in [4.78, 5) is 15.8. The number of benzene rings is 1. The van der Waals surface area contributed by atoms with Gasteiger partial charge in [0.05, 0.1) is 23.9 Å². The molecule has 1 unspecified atom stereocenters. The summed E-state index contributed by atoms with van der Waals surface area (Å²) < 4.78 is 46.1. The lowest BCUT2D eigenvalue weighted by Gasteiger charge is -2.14. The maximum absolute atomic E-state index is 12.8. The number of halogens is 3. The van der Waals surface area contributed by atoms with E-state index in [4.69, 9.17) is 10.5 Å². The van der Waals surface area contributed by atoms with Crippen LogP contribution in [0.25, 0.3) is 10.6 Å². The Morgan fingerprint density at radius 2 is 2.06 bits per heavy atom. The van der Waals surface area contributed by atoms with E-state index in [2.05, 4.69) is 15.2 Å². The molecule has 3 aromatic rings. The maximum Gasteiger partial charge on any atom is 0.416 e. The highest BCUT2D eigenvalue weighted by Crippen LogP contribution is 2.32. The van der Waals surface area contributed by atoms with Crippen LogP contribution >= 0.6 is 23.1 Å². The van der Waals surface area contributed by atoms with E-state index in [0.29, 0.717) is 40.3 Å². The number of carbonyl (C=O) groups excluding carboxylic acids is 1. The van der Waals surface area contributed by atoms with Crippen molar-refractivity contribution in [1.29, 1.82) is 0 Å². The molecule has 176 valence electrons. The molecule has 1 atom stereocenters. The van der Waals surface area contributed by atoms with Crippen LogP contribution in [0.2, 0.25) is 0 Å². The molecular weight excluding hydrogens is 475 g/mol. The number of hydrogen-bond donors (Lipinski definition) is 1. The fourth-order valence-electron chi connectivity index (χ4n) is 3.47. The number of primary amides is 1. The molecule has 1 saturated heterocycles. The summed E-state index contributed by atoms with van der Waals surface area (Å²) in [6, 6.07) is 4.99. The average Bonchev–Trinajstić information content (AvgIpc) is 3.53. The number of nitrogens with zero attached hydrogens (tertiary/aromatic N) is 4. The normalized spacial score (nSPS) is 16.4. The van der Waals surface area contributed by atoms with Crippen molar-refractivity contribution < 1.29 is 22.7 Å². The first kappa shape index (κ1) is 23.7. The number of thioether (sulfide) groups is 1. The van der Waals surface area contributed by atoms with Gasteiger partial charge in [-0.15, -0.1) is 21.5 Å². The number of hydrogen-bond acceptors (Lipinski definition) is 7. The number of thiazole rings is 1. The predicted molar refractivity (Wildman–Crippen MR) is 119 cm³/mol. The summed E-state index contributed by atoms with van der Waals surface area (Å²) in [6.07, 6.45) is -1.71. The summed E-state index contributed by atoms with van der Waals surface area (Å²) >= 11 is 2.84. The minimum atomic E-state index is -4.36. The number of amides is 1. The SMILES string of the molecule is NC(=O)CCc1nnc(SCc2csc(-c3ccc(C(F)(F)F)cc3)n2)n1CC1CCCO1. The third-order valence-corrected chi connectivity index (χ3v) is 7.10. The highest BCUT2D eigenvalue weighted by Gasteiger charge is 2.30. The molecule has 4 rings (SSSR count). The summed E-state index contributed by atoms with van der Waals surface area (Å²) in [6.45, 7) is 1.34. The molecule has 2 N–H and O–H groups in total. The Morgan fingerprint density at radius 1 is 1.27 bits per heavy atom. The number of rotatable bonds is 9. The lowest BCUT2D eigenvalue weighted by Crippen LogP contribution is -2.19. The first-order chi connectivity index (χ1) is 15.8. The molecule has 1 aliphatic rings. The van der Waals surface area contributed by atoms with Crippen LogP contribution in [0.15, 0.2) is 34.8 Å². The summed E-state index contributed by atoms with van der Waals surface area (Å²) in [5, 5.41) is 11.8. The van der Waals surface area contributed by atoms with E-state index < -0.39 is 17.6 Å². The quantitative estimate of drug-likeness (QED) is 0.443. The Labute approximate surface area is 196 Å². The monoisotopic (exact) mass is 497 g/mol. The van der Waals surface area contributed by atoms with E-state index in [1.807, 2.05) is 9.95 Å². The summed E-state index contributed by atoms with van der Waals surface area (Å²) in [7, 11) is 0. The van der Waals surface area contributed by atoms with Crippen molar-refractivity contribution in [3.8, 4) is 10.6 Å². The molecule has 0 saturated carbocycles. The second-order valence-corrected chi connectivity index (χ2v) is 9.42. The molecule has 0 spiro atoms. The van der Waals surface area contributed by atoms with Crippen LogP contribution in [-0.4, -0.2) is 38.4 Å². The minimum Gasteiger partial charge on any atom is -0.376 e. The van der Waals surface area contributed by atoms with Crippen molar-refractivity contribution in [3.05, 3.63) is 46.7 Å². The van der Waals surface area contributed by atoms with Crippen molar-refractivity contribution in [2.75, 3.05) is 6.61 Å². The highest BCUT2D eigenvalue weighted by atomic mass is 32.2. The zero-order chi connectivity index (χ0) is 23.4. The second-order valence-electron chi connectivity index (χ2n) is 7.62. The Hall–Kier alpha value is -2.44. The molecule has 1 aliphatic heterocycles. The van der Waals surface area contributed by atoms with Crippen LogP contribution in [0.5, 0.6) is 0 Å². The fourth-order valence-corrected chi connectivity index (χ4v) is 5.26. The number of alkyl halides is 3. The Kier molecular flexibility index (Phi) is 7.35. The van der Waals surface area contributed by atoms with Crippen molar-refractivity contribution in [3.63, 3.8) is 0 Å². The van der Waals surface area contributed by atoms with Gasteiger partial charge in [0.25, 0.3) is 0 Å². The van der Waals surface area contributed by atoms with Gasteiger partial charge in [0.1, 0.15) is 10.8 Å². The number of carbonyl (C=O) groups is 1. The van der Waals surface area contributed by atoms with Gasteiger partial charge in [0.2, 0.25) is 5.91 Å². The third kappa shape index (κ3) is 6.12. The van der Waals surface area contributed by atoms with Crippen LogP contribution in [0.3, 0.4) is 0 Å². The van der Waals surface area contributed by atoms with E-state index in [1.165, 1.54) is 35.2 Å². The standard InChI is InChI=1S/C21H22F3N5O2S2/c22-21(23,24)14-5-3-13(4-6-14)19-26-15(11-32-19)12-33-20-28-27-18(8-7-17(25)30)29(20)10-16-2-1-9-31-16/h3-6,11,16H,1-2,7-10,12H2,(H2,25,30). The maximum atomic E-state index is 12.8. The minimum absolute atomic E-state index is 0.0817. The molecule has 0 aliphatic carbocycles. The van der Waals surface area contributed by atoms with Gasteiger partial charge in [-0.1, -0.05) is 23.9 Å². The molecule has 1 fully saturated rings. The smallest absolute Gasteiger partial charge is 0.376 e. The molecule has 7 nitrogen and oxygen atoms in total. The van der Waals surface area contributed by atoms with E-state index in [1.54, 1.807) is 0 Å². The molecule has 2 aromatic heterocycles. The van der Waals surface area contributed by atoms with Gasteiger partial charge in [-0.2, -0.15) is 13.2 Å². The van der Waals surface area contributed by atoms with Crippen LogP contribution < -0.4 is 5.73 Å². The number of nitrogens with two attached hydrogens (primary N) is 1. The van der Waals surface area contributed by atoms with Gasteiger partial charge in [-0.3, -0.25) is 4.79 Å². The van der Waals surface area contributed by atoms with Crippen molar-refractivity contribution in [1.82, 2.24) is 19.7 Å². The van der Waals surface area contributed by atoms with Crippen LogP contribution in [-0.2, 0) is 34.4 Å². The van der Waals surface area contributed by atoms with Crippen LogP contribution in [0, 0.1) is 0 Å². The molecule has 0 radical (unpaired) electrons. The Balaban J connectivity index is 1.44. The Morgan fingerprint density at radius 3 is 2.73 bits per heavy atom. The molecule has 3 heterocycles. The summed E-state index contributed by atoms with van der Waals surface area (Å²) in [5.74, 6) is 0.820. The zero-order valence-corrected chi connectivity index (χ0v) is 19.2. The van der Waals surface area contributed by atoms with Gasteiger partial charge in [-0.25, -0.2) is 4.98 Å². The fraction of sp³-hybridized carbons (Fsp3) is 0.429. The zero-order valence-electron chi connectivity index (χ0n) is 17.5. The topological polar surface area (TPSA) is 95.9 Å². The lowest BCUT2D eigenvalue weighted by molar-refractivity contribution is -0.137. The second kappa shape index (κ2) is 10.2. The first-order valence-corrected chi connectivity index (χ1v) is 12.2. The molecule has 12 heteroatoms. The highest BCUT2D eigenvalue weighted by molar-refractivity contribution is 7.98. The van der Waals surface area contributed by atoms with Crippen LogP contribution in [0.4, 0.5) is 13.2 Å². The van der Waals surface area contributed by atoms with Crippen molar-refractivity contribution in [2.24, 2.45) is 5.73 Å². The third-order valence-electron chi connectivity index (χ3n) is 5.16. The van der Waals surface area contributed by atoms with Crippen molar-refractivity contribution in [2.45, 2.75) is 55.4 Å². The molecular formula is C21H22F3N5O2S2. The summed E-state index contributed by atoms with van der Waals surface area (Å²) in [5.41, 5.74) is 6.04. The molecule has 33 heavy (non-hydrogen) atoms. The van der Waals surface area contributed by atoms with Gasteiger partial charge in [-0.05, 0) is 25.0 Å². The lowest BCUT2D eigenvalue weighted by atomic mass is 10.1. The van der Waals surface area contributed by atoms with Gasteiger partial charge < -0.3 is 15.0 Å². The Bertz CT molecular complexity index is 1090. The van der Waals surface area contributed by atoms with Gasteiger partial charge in [0, 0.05) is 36.1 Å². The van der Waals surface area contributed by atoms with Crippen LogP contribution in [0.1, 0.15) is 36.3 Å². The van der Waals surface area contributed by atoms with Gasteiger partial charge >= 0.3 is 6.18 Å². The number of aryl methyl sites for hydroxylation is 1. The van der Waals surface area contributed by atoms with Crippen molar-refractivity contribution >= 4 is 29.0 Å². The predicted octanol–water partition coefficient (Wildman–Crippen LogP) is 4.31. The molecule has 0 bridgehead atoms. The average molecular weight is 498 g/mol. The number of ether oxygens (including phenoxy) is 1. The van der Waals surface area contributed by atoms with Gasteiger partial charge in [0.15, 0.2) is 5.16 Å². The van der Waals surface area contributed by atoms with E-state index >= 15 is 0 Å².